The minimum absolute atomic E-state index is 0.111. The van der Waals surface area contributed by atoms with Crippen LogP contribution in [0.2, 0.25) is 0 Å². The summed E-state index contributed by atoms with van der Waals surface area (Å²) in [5, 5.41) is 40.6. The summed E-state index contributed by atoms with van der Waals surface area (Å²) in [6, 6.07) is 22.5. The Morgan fingerprint density at radius 1 is 0.284 bits per heavy atom. The van der Waals surface area contributed by atoms with Gasteiger partial charge in [-0.1, -0.05) is 77.9 Å². The van der Waals surface area contributed by atoms with Crippen molar-refractivity contribution < 1.29 is 119 Å². The van der Waals surface area contributed by atoms with Crippen molar-refractivity contribution in [2.75, 3.05) is 264 Å². The minimum Gasteiger partial charge on any atom is -0.505 e. The van der Waals surface area contributed by atoms with E-state index in [2.05, 4.69) is 20.4 Å². The highest BCUT2D eigenvalue weighted by atomic mass is 16.6. The predicted molar refractivity (Wildman–Crippen MR) is 403 cm³/mol. The van der Waals surface area contributed by atoms with E-state index in [0.717, 1.165) is 44.3 Å². The summed E-state index contributed by atoms with van der Waals surface area (Å²) in [7, 11) is 0. The van der Waals surface area contributed by atoms with Gasteiger partial charge in [0.15, 0.2) is 0 Å². The molecule has 0 aliphatic heterocycles. The number of carbonyl (C=O) groups is 2. The molecular formula is C78H120N6O25. The monoisotopic (exact) mass is 1540 g/mol. The summed E-state index contributed by atoms with van der Waals surface area (Å²) >= 11 is 0. The average molecular weight is 1540 g/mol. The SMILES string of the molecule is CC(C)(C)c1cc(CCC(=O)OCCOCCOCCOCCOCCOCCOCCOCCOCCOCCOCCOCCOCCOCCOCCOCCOCCOCCOCCOCCOC(=O)CCc2cc(-n3nc4ccccc4n3)c(O)c(C(C)(C)C)c2)cc(-n2nc3ccccc3n2)c1O. The number of aryl methyl sites for hydroxylation is 2. The molecule has 2 N–H and O–H groups in total. The zero-order valence-corrected chi connectivity index (χ0v) is 65.0. The molecule has 109 heavy (non-hydrogen) atoms. The lowest BCUT2D eigenvalue weighted by atomic mass is 9.84. The number of phenolic OH excluding ortho intramolecular Hbond substituents is 2. The largest absolute Gasteiger partial charge is 0.505 e. The van der Waals surface area contributed by atoms with Crippen LogP contribution in [0.3, 0.4) is 0 Å². The van der Waals surface area contributed by atoms with Crippen LogP contribution in [0.1, 0.15) is 76.6 Å². The molecule has 6 aromatic rings. The summed E-state index contributed by atoms with van der Waals surface area (Å²) in [6.45, 7) is 29.0. The second-order valence-electron chi connectivity index (χ2n) is 26.6. The van der Waals surface area contributed by atoms with E-state index < -0.39 is 0 Å². The lowest BCUT2D eigenvalue weighted by Gasteiger charge is -2.23. The maximum absolute atomic E-state index is 12.6. The van der Waals surface area contributed by atoms with Crippen molar-refractivity contribution in [1.82, 2.24) is 30.0 Å². The molecule has 0 bridgehead atoms. The Balaban J connectivity index is 0.554. The molecule has 612 valence electrons. The second kappa shape index (κ2) is 56.6. The maximum atomic E-state index is 12.6. The van der Waals surface area contributed by atoms with Crippen LogP contribution in [-0.4, -0.2) is 316 Å². The molecule has 0 aliphatic rings. The number of fused-ring (bicyclic) bond motifs is 2. The lowest BCUT2D eigenvalue weighted by Crippen LogP contribution is -2.16. The van der Waals surface area contributed by atoms with Gasteiger partial charge in [-0.2, -0.15) is 0 Å². The zero-order chi connectivity index (χ0) is 77.5. The first-order chi connectivity index (χ1) is 53.2. The van der Waals surface area contributed by atoms with Crippen molar-refractivity contribution in [2.24, 2.45) is 0 Å². The number of benzene rings is 4. The number of hydrogen-bond donors (Lipinski definition) is 2. The van der Waals surface area contributed by atoms with Crippen LogP contribution >= 0.6 is 0 Å². The molecule has 31 heteroatoms. The Kier molecular flexibility index (Phi) is 47.5. The number of rotatable bonds is 68. The second-order valence-corrected chi connectivity index (χ2v) is 26.6. The van der Waals surface area contributed by atoms with E-state index in [1.807, 2.05) is 114 Å². The number of ether oxygens (including phenoxy) is 21. The van der Waals surface area contributed by atoms with E-state index in [0.29, 0.717) is 262 Å². The molecule has 0 unspecified atom stereocenters. The molecule has 2 heterocycles. The molecule has 0 amide bonds. The molecule has 0 aliphatic carbocycles. The first-order valence-corrected chi connectivity index (χ1v) is 37.8. The van der Waals surface area contributed by atoms with Gasteiger partial charge in [-0.15, -0.1) is 30.0 Å². The highest BCUT2D eigenvalue weighted by molar-refractivity contribution is 5.75. The van der Waals surface area contributed by atoms with Crippen molar-refractivity contribution >= 4 is 34.0 Å². The fourth-order valence-electron chi connectivity index (χ4n) is 10.2. The Hall–Kier alpha value is -6.54. The lowest BCUT2D eigenvalue weighted by molar-refractivity contribution is -0.146. The summed E-state index contributed by atoms with van der Waals surface area (Å²) in [6.07, 6.45) is 1.19. The van der Waals surface area contributed by atoms with Crippen LogP contribution in [-0.2, 0) is 133 Å². The van der Waals surface area contributed by atoms with Gasteiger partial charge in [-0.25, -0.2) is 0 Å². The highest BCUT2D eigenvalue weighted by Crippen LogP contribution is 2.38. The Morgan fingerprint density at radius 3 is 0.633 bits per heavy atom. The molecule has 0 saturated carbocycles. The standard InChI is InChI=1S/C78H120N6O25/c1-77(2,3)65-59-63(61-71(75(65)87)83-79-67-11-7-8-12-68(67)80-83)15-17-73(85)108-57-55-106-53-51-104-49-47-102-45-43-100-41-39-98-37-35-96-33-31-94-29-27-92-25-23-90-21-19-89-20-22-91-24-26-93-28-30-95-32-34-97-36-38-99-40-42-101-44-46-103-48-50-105-52-54-107-56-58-109-74(86)18-16-64-60-66(78(4,5)6)76(88)72(62-64)84-81-69-13-9-10-14-70(69)82-84/h7-14,59-62,87-88H,15-58H2,1-6H3. The van der Waals surface area contributed by atoms with Crippen LogP contribution in [0.25, 0.3) is 33.4 Å². The zero-order valence-electron chi connectivity index (χ0n) is 65.0. The molecule has 0 radical (unpaired) electrons. The smallest absolute Gasteiger partial charge is 0.306 e. The fraction of sp³-hybridized carbons (Fsp3) is 0.667. The molecule has 4 aromatic carbocycles. The maximum Gasteiger partial charge on any atom is 0.306 e. The Bertz CT molecular complexity index is 3070. The fourth-order valence-corrected chi connectivity index (χ4v) is 10.2. The molecule has 0 atom stereocenters. The third kappa shape index (κ3) is 40.5. The minimum atomic E-state index is -0.352. The van der Waals surface area contributed by atoms with Gasteiger partial charge in [0.25, 0.3) is 0 Å². The van der Waals surface area contributed by atoms with Crippen LogP contribution in [0, 0.1) is 0 Å². The summed E-state index contributed by atoms with van der Waals surface area (Å²) in [5.74, 6) is -0.453. The number of carbonyl (C=O) groups excluding carboxylic acids is 2. The van der Waals surface area contributed by atoms with Crippen molar-refractivity contribution in [1.29, 1.82) is 0 Å². The molecule has 0 saturated heterocycles. The van der Waals surface area contributed by atoms with Gasteiger partial charge in [0.2, 0.25) is 0 Å². The third-order valence-electron chi connectivity index (χ3n) is 15.8. The quantitative estimate of drug-likeness (QED) is 0.0283. The summed E-state index contributed by atoms with van der Waals surface area (Å²) < 4.78 is 116. The van der Waals surface area contributed by atoms with E-state index in [-0.39, 0.29) is 73.5 Å². The Labute approximate surface area is 641 Å². The van der Waals surface area contributed by atoms with Gasteiger partial charge in [0, 0.05) is 24.0 Å². The van der Waals surface area contributed by atoms with Crippen molar-refractivity contribution in [3.63, 3.8) is 0 Å². The topological polar surface area (TPSA) is 330 Å². The van der Waals surface area contributed by atoms with Gasteiger partial charge in [0.05, 0.1) is 251 Å². The van der Waals surface area contributed by atoms with Gasteiger partial charge >= 0.3 is 11.9 Å². The normalized spacial score (nSPS) is 12.0. The van der Waals surface area contributed by atoms with Gasteiger partial charge in [0.1, 0.15) is 58.2 Å². The molecule has 0 fully saturated rings. The number of esters is 2. The first-order valence-electron chi connectivity index (χ1n) is 37.8. The summed E-state index contributed by atoms with van der Waals surface area (Å²) in [4.78, 5) is 28.0. The third-order valence-corrected chi connectivity index (χ3v) is 15.8. The van der Waals surface area contributed by atoms with Gasteiger partial charge in [-0.05, 0) is 71.2 Å². The molecular weight excluding hydrogens is 1420 g/mol. The first kappa shape index (κ1) is 91.3. The number of aromatic hydroxyl groups is 2. The highest BCUT2D eigenvalue weighted by Gasteiger charge is 2.26. The van der Waals surface area contributed by atoms with E-state index in [9.17, 15) is 19.8 Å². The average Bonchev–Trinajstić information content (AvgIpc) is 1.67. The van der Waals surface area contributed by atoms with Crippen LogP contribution in [0.5, 0.6) is 11.5 Å². The van der Waals surface area contributed by atoms with E-state index in [4.69, 9.17) is 99.5 Å². The van der Waals surface area contributed by atoms with Crippen molar-refractivity contribution in [3.8, 4) is 22.9 Å². The molecule has 2 aromatic heterocycles. The van der Waals surface area contributed by atoms with E-state index in [1.165, 1.54) is 9.59 Å². The predicted octanol–water partition coefficient (Wildman–Crippen LogP) is 7.13. The van der Waals surface area contributed by atoms with Crippen LogP contribution in [0.4, 0.5) is 0 Å². The van der Waals surface area contributed by atoms with Crippen molar-refractivity contribution in [2.45, 2.75) is 78.1 Å². The number of phenols is 2. The van der Waals surface area contributed by atoms with Crippen LogP contribution < -0.4 is 0 Å². The van der Waals surface area contributed by atoms with E-state index in [1.54, 1.807) is 0 Å². The van der Waals surface area contributed by atoms with Crippen LogP contribution in [0.15, 0.2) is 72.8 Å². The van der Waals surface area contributed by atoms with Crippen molar-refractivity contribution in [3.05, 3.63) is 95.1 Å². The van der Waals surface area contributed by atoms with Gasteiger partial charge in [-0.3, -0.25) is 9.59 Å². The number of aromatic nitrogens is 6. The molecule has 31 nitrogen and oxygen atoms in total. The number of nitrogens with zero attached hydrogens (tertiary/aromatic N) is 6. The van der Waals surface area contributed by atoms with Gasteiger partial charge < -0.3 is 110 Å². The number of hydrogen-bond acceptors (Lipinski definition) is 29. The molecule has 6 rings (SSSR count). The Morgan fingerprint density at radius 2 is 0.459 bits per heavy atom. The summed E-state index contributed by atoms with van der Waals surface area (Å²) in [5.41, 5.74) is 6.32. The van der Waals surface area contributed by atoms with E-state index >= 15 is 0 Å². The molecule has 0 spiro atoms.